The van der Waals surface area contributed by atoms with Crippen LogP contribution in [0.25, 0.3) is 0 Å². The van der Waals surface area contributed by atoms with Gasteiger partial charge >= 0.3 is 0 Å². The normalized spacial score (nSPS) is 16.1. The number of fused-ring (bicyclic) bond motifs is 1. The second-order valence-electron chi connectivity index (χ2n) is 5.30. The van der Waals surface area contributed by atoms with Gasteiger partial charge in [-0.2, -0.15) is 5.10 Å². The van der Waals surface area contributed by atoms with Gasteiger partial charge < -0.3 is 4.74 Å². The lowest BCUT2D eigenvalue weighted by atomic mass is 9.94. The highest BCUT2D eigenvalue weighted by atomic mass is 16.5. The first kappa shape index (κ1) is 13.1. The van der Waals surface area contributed by atoms with Crippen LogP contribution in [0.4, 0.5) is 0 Å². The minimum Gasteiger partial charge on any atom is -0.493 e. The van der Waals surface area contributed by atoms with E-state index in [0.717, 1.165) is 24.3 Å². The minimum atomic E-state index is 0.0323. The second kappa shape index (κ2) is 5.26. The van der Waals surface area contributed by atoms with E-state index < -0.39 is 0 Å². The lowest BCUT2D eigenvalue weighted by Gasteiger charge is -2.23. The van der Waals surface area contributed by atoms with E-state index in [4.69, 9.17) is 10.6 Å². The molecule has 0 saturated carbocycles. The smallest absolute Gasteiger partial charge is 0.161 e. The van der Waals surface area contributed by atoms with Gasteiger partial charge in [0, 0.05) is 7.05 Å². The number of hydrazine groups is 1. The molecule has 1 atom stereocenters. The van der Waals surface area contributed by atoms with Gasteiger partial charge in [0.1, 0.15) is 0 Å². The molecular formula is C15H20N4O. The van der Waals surface area contributed by atoms with E-state index in [-0.39, 0.29) is 6.04 Å². The van der Waals surface area contributed by atoms with Crippen molar-refractivity contribution in [2.45, 2.75) is 18.9 Å². The van der Waals surface area contributed by atoms with Gasteiger partial charge in [-0.05, 0) is 29.9 Å². The maximum atomic E-state index is 5.82. The molecule has 0 amide bonds. The molecule has 0 aliphatic heterocycles. The molecule has 0 radical (unpaired) electrons. The van der Waals surface area contributed by atoms with E-state index in [1.165, 1.54) is 11.1 Å². The lowest BCUT2D eigenvalue weighted by Crippen LogP contribution is -2.35. The van der Waals surface area contributed by atoms with E-state index in [0.29, 0.717) is 5.92 Å². The fraction of sp³-hybridized carbons (Fsp3) is 0.400. The quantitative estimate of drug-likeness (QED) is 0.651. The summed E-state index contributed by atoms with van der Waals surface area (Å²) in [6.45, 7) is 0. The van der Waals surface area contributed by atoms with Crippen LogP contribution in [0, 0.1) is 5.92 Å². The Kier molecular flexibility index (Phi) is 3.46. The Morgan fingerprint density at radius 2 is 2.00 bits per heavy atom. The highest BCUT2D eigenvalue weighted by Gasteiger charge is 2.32. The Balaban J connectivity index is 1.91. The predicted molar refractivity (Wildman–Crippen MR) is 77.2 cm³/mol. The number of nitrogens with two attached hydrogens (primary N) is 1. The van der Waals surface area contributed by atoms with Crippen LogP contribution >= 0.6 is 0 Å². The van der Waals surface area contributed by atoms with Crippen LogP contribution in [0.3, 0.4) is 0 Å². The van der Waals surface area contributed by atoms with Crippen LogP contribution in [0.5, 0.6) is 5.75 Å². The van der Waals surface area contributed by atoms with Crippen LogP contribution in [-0.4, -0.2) is 16.9 Å². The number of nitrogens with one attached hydrogen (secondary N) is 1. The number of nitrogens with zero attached hydrogens (tertiary/aromatic N) is 2. The number of aryl methyl sites for hydroxylation is 1. The fourth-order valence-corrected chi connectivity index (χ4v) is 3.21. The summed E-state index contributed by atoms with van der Waals surface area (Å²) >= 11 is 0. The molecule has 0 fully saturated rings. The van der Waals surface area contributed by atoms with Gasteiger partial charge in [-0.25, -0.2) is 0 Å². The number of methoxy groups -OCH3 is 1. The topological polar surface area (TPSA) is 65.1 Å². The summed E-state index contributed by atoms with van der Waals surface area (Å²) in [6, 6.07) is 8.62. The summed E-state index contributed by atoms with van der Waals surface area (Å²) < 4.78 is 7.25. The zero-order valence-corrected chi connectivity index (χ0v) is 11.8. The Hall–Kier alpha value is -1.85. The first-order chi connectivity index (χ1) is 9.74. The number of rotatable bonds is 4. The van der Waals surface area contributed by atoms with Gasteiger partial charge in [0.25, 0.3) is 0 Å². The number of hydrogen-bond donors (Lipinski definition) is 2. The fourth-order valence-electron chi connectivity index (χ4n) is 3.21. The lowest BCUT2D eigenvalue weighted by molar-refractivity contribution is 0.338. The van der Waals surface area contributed by atoms with Crippen molar-refractivity contribution < 1.29 is 4.74 Å². The zero-order chi connectivity index (χ0) is 14.1. The molecule has 1 heterocycles. The van der Waals surface area contributed by atoms with Crippen LogP contribution in [0.2, 0.25) is 0 Å². The predicted octanol–water partition coefficient (Wildman–Crippen LogP) is 1.35. The van der Waals surface area contributed by atoms with Crippen molar-refractivity contribution in [3.63, 3.8) is 0 Å². The van der Waals surface area contributed by atoms with E-state index in [9.17, 15) is 0 Å². The SMILES string of the molecule is COc1cnn(C)c1C(NN)C1Cc2ccccc2C1. The molecular weight excluding hydrogens is 252 g/mol. The van der Waals surface area contributed by atoms with Crippen molar-refractivity contribution in [2.24, 2.45) is 18.8 Å². The summed E-state index contributed by atoms with van der Waals surface area (Å²) in [7, 11) is 3.59. The number of aromatic nitrogens is 2. The maximum Gasteiger partial charge on any atom is 0.161 e. The van der Waals surface area contributed by atoms with Gasteiger partial charge in [0.2, 0.25) is 0 Å². The van der Waals surface area contributed by atoms with Crippen molar-refractivity contribution >= 4 is 0 Å². The molecule has 1 aromatic heterocycles. The summed E-state index contributed by atoms with van der Waals surface area (Å²) in [4.78, 5) is 0. The zero-order valence-electron chi connectivity index (χ0n) is 11.8. The molecule has 106 valence electrons. The average Bonchev–Trinajstić information content (AvgIpc) is 3.04. The third-order valence-electron chi connectivity index (χ3n) is 4.20. The molecule has 0 bridgehead atoms. The van der Waals surface area contributed by atoms with Gasteiger partial charge in [-0.1, -0.05) is 24.3 Å². The van der Waals surface area contributed by atoms with Crippen LogP contribution < -0.4 is 16.0 Å². The molecule has 3 N–H and O–H groups in total. The van der Waals surface area contributed by atoms with Gasteiger partial charge in [-0.3, -0.25) is 16.0 Å². The summed E-state index contributed by atoms with van der Waals surface area (Å²) in [5, 5.41) is 4.27. The molecule has 3 rings (SSSR count). The maximum absolute atomic E-state index is 5.82. The third-order valence-corrected chi connectivity index (χ3v) is 4.20. The molecule has 0 spiro atoms. The van der Waals surface area contributed by atoms with E-state index in [1.54, 1.807) is 13.3 Å². The highest BCUT2D eigenvalue weighted by molar-refractivity contribution is 5.35. The monoisotopic (exact) mass is 272 g/mol. The van der Waals surface area contributed by atoms with Crippen LogP contribution in [0.1, 0.15) is 22.9 Å². The second-order valence-corrected chi connectivity index (χ2v) is 5.30. The Bertz CT molecular complexity index is 583. The standard InChI is InChI=1S/C15H20N4O/c1-19-15(13(20-2)9-17-19)14(18-16)12-7-10-5-3-4-6-11(10)8-12/h3-6,9,12,14,18H,7-8,16H2,1-2H3. The molecule has 0 saturated heterocycles. The molecule has 1 aliphatic carbocycles. The number of hydrogen-bond acceptors (Lipinski definition) is 4. The largest absolute Gasteiger partial charge is 0.493 e. The van der Waals surface area contributed by atoms with Gasteiger partial charge in [0.15, 0.2) is 5.75 Å². The minimum absolute atomic E-state index is 0.0323. The summed E-state index contributed by atoms with van der Waals surface area (Å²) in [5.41, 5.74) is 6.79. The van der Waals surface area contributed by atoms with Crippen molar-refractivity contribution in [1.29, 1.82) is 0 Å². The molecule has 20 heavy (non-hydrogen) atoms. The molecule has 2 aromatic rings. The summed E-state index contributed by atoms with van der Waals surface area (Å²) in [6.07, 6.45) is 3.79. The summed E-state index contributed by atoms with van der Waals surface area (Å²) in [5.74, 6) is 7.03. The van der Waals surface area contributed by atoms with E-state index in [2.05, 4.69) is 34.8 Å². The Morgan fingerprint density at radius 1 is 1.35 bits per heavy atom. The van der Waals surface area contributed by atoms with E-state index in [1.807, 2.05) is 11.7 Å². The molecule has 5 nitrogen and oxygen atoms in total. The highest BCUT2D eigenvalue weighted by Crippen LogP contribution is 2.37. The van der Waals surface area contributed by atoms with Crippen molar-refractivity contribution in [3.8, 4) is 5.75 Å². The van der Waals surface area contributed by atoms with Crippen molar-refractivity contribution in [2.75, 3.05) is 7.11 Å². The Morgan fingerprint density at radius 3 is 2.55 bits per heavy atom. The van der Waals surface area contributed by atoms with Crippen molar-refractivity contribution in [3.05, 3.63) is 47.3 Å². The first-order valence-corrected chi connectivity index (χ1v) is 6.83. The molecule has 1 aliphatic rings. The Labute approximate surface area is 118 Å². The van der Waals surface area contributed by atoms with Gasteiger partial charge in [-0.15, -0.1) is 0 Å². The molecule has 5 heteroatoms. The average molecular weight is 272 g/mol. The van der Waals surface area contributed by atoms with Gasteiger partial charge in [0.05, 0.1) is 25.0 Å². The molecule has 1 aromatic carbocycles. The first-order valence-electron chi connectivity index (χ1n) is 6.83. The van der Waals surface area contributed by atoms with E-state index >= 15 is 0 Å². The number of benzene rings is 1. The molecule has 1 unspecified atom stereocenters. The third kappa shape index (κ3) is 2.09. The van der Waals surface area contributed by atoms with Crippen LogP contribution in [-0.2, 0) is 19.9 Å². The number of ether oxygens (including phenoxy) is 1. The van der Waals surface area contributed by atoms with Crippen LogP contribution in [0.15, 0.2) is 30.5 Å². The van der Waals surface area contributed by atoms with Crippen molar-refractivity contribution in [1.82, 2.24) is 15.2 Å².